The molecule has 0 bridgehead atoms. The highest BCUT2D eigenvalue weighted by atomic mass is 16.6. The van der Waals surface area contributed by atoms with E-state index in [-0.39, 0.29) is 10.6 Å². The minimum Gasteiger partial charge on any atom is -0.340 e. The fourth-order valence-electron chi connectivity index (χ4n) is 1.87. The Kier molecular flexibility index (Phi) is 2.21. The van der Waals surface area contributed by atoms with Gasteiger partial charge < -0.3 is 5.32 Å². The molecule has 1 aliphatic rings. The van der Waals surface area contributed by atoms with Crippen molar-refractivity contribution in [1.82, 2.24) is 0 Å². The fourth-order valence-corrected chi connectivity index (χ4v) is 1.87. The molecule has 0 spiro atoms. The summed E-state index contributed by atoms with van der Waals surface area (Å²) in [5.41, 5.74) is 2.56. The second-order valence-corrected chi connectivity index (χ2v) is 3.83. The summed E-state index contributed by atoms with van der Waals surface area (Å²) in [4.78, 5) is 10.2. The second kappa shape index (κ2) is 3.38. The molecule has 14 heavy (non-hydrogen) atoms. The highest BCUT2D eigenvalue weighted by Gasteiger charge is 2.19. The lowest BCUT2D eigenvalue weighted by Crippen LogP contribution is -2.89. The average molecular weight is 193 g/mol. The quantitative estimate of drug-likeness (QED) is 0.524. The lowest BCUT2D eigenvalue weighted by atomic mass is 9.96. The summed E-state index contributed by atoms with van der Waals surface area (Å²) in [5, 5.41) is 12.8. The molecule has 0 aromatic heterocycles. The molecule has 1 aromatic rings. The largest absolute Gasteiger partial charge is 0.340 e. The Morgan fingerprint density at radius 3 is 3.00 bits per heavy atom. The summed E-state index contributed by atoms with van der Waals surface area (Å²) in [6.07, 6.45) is 1.01. The third-order valence-corrected chi connectivity index (χ3v) is 2.68. The van der Waals surface area contributed by atoms with Crippen molar-refractivity contribution in [3.63, 3.8) is 0 Å². The van der Waals surface area contributed by atoms with Crippen molar-refractivity contribution in [3.8, 4) is 0 Å². The van der Waals surface area contributed by atoms with Gasteiger partial charge in [0.1, 0.15) is 6.54 Å². The van der Waals surface area contributed by atoms with E-state index in [0.717, 1.165) is 18.5 Å². The van der Waals surface area contributed by atoms with Crippen LogP contribution in [-0.4, -0.2) is 11.0 Å². The number of quaternary nitrogens is 1. The van der Waals surface area contributed by atoms with Gasteiger partial charge in [-0.05, 0) is 12.5 Å². The smallest absolute Gasteiger partial charge is 0.269 e. The third-order valence-electron chi connectivity index (χ3n) is 2.68. The van der Waals surface area contributed by atoms with Crippen LogP contribution in [0.1, 0.15) is 18.1 Å². The Bertz CT molecular complexity index is 376. The van der Waals surface area contributed by atoms with Crippen LogP contribution in [0.15, 0.2) is 18.2 Å². The molecule has 0 saturated heterocycles. The molecule has 0 amide bonds. The molecule has 2 rings (SSSR count). The minimum absolute atomic E-state index is 0.201. The van der Waals surface area contributed by atoms with Crippen molar-refractivity contribution in [2.75, 3.05) is 0 Å². The average Bonchev–Trinajstić information content (AvgIpc) is 2.16. The van der Waals surface area contributed by atoms with Gasteiger partial charge >= 0.3 is 0 Å². The van der Waals surface area contributed by atoms with Gasteiger partial charge in [-0.3, -0.25) is 10.1 Å². The molecule has 0 fully saturated rings. The molecule has 0 aliphatic carbocycles. The Morgan fingerprint density at radius 1 is 1.50 bits per heavy atom. The Labute approximate surface area is 82.1 Å². The number of fused-ring (bicyclic) bond motifs is 1. The molecular weight excluding hydrogens is 180 g/mol. The first kappa shape index (κ1) is 9.15. The number of non-ortho nitro benzene ring substituents is 1. The zero-order valence-corrected chi connectivity index (χ0v) is 8.06. The molecule has 1 aromatic carbocycles. The van der Waals surface area contributed by atoms with Crippen molar-refractivity contribution in [1.29, 1.82) is 0 Å². The van der Waals surface area contributed by atoms with Crippen LogP contribution in [0.5, 0.6) is 0 Å². The number of hydrogen-bond acceptors (Lipinski definition) is 2. The summed E-state index contributed by atoms with van der Waals surface area (Å²) in [6.45, 7) is 3.03. The summed E-state index contributed by atoms with van der Waals surface area (Å²) in [5.74, 6) is 0. The van der Waals surface area contributed by atoms with Crippen LogP contribution in [-0.2, 0) is 13.0 Å². The van der Waals surface area contributed by atoms with Crippen molar-refractivity contribution in [2.45, 2.75) is 25.9 Å². The minimum atomic E-state index is -0.335. The maximum absolute atomic E-state index is 10.5. The van der Waals surface area contributed by atoms with E-state index in [4.69, 9.17) is 0 Å². The molecule has 4 nitrogen and oxygen atoms in total. The number of nitro benzene ring substituents is 1. The van der Waals surface area contributed by atoms with Crippen molar-refractivity contribution in [2.24, 2.45) is 0 Å². The van der Waals surface area contributed by atoms with Crippen LogP contribution in [0, 0.1) is 10.1 Å². The number of nitrogens with zero attached hydrogens (tertiary/aromatic N) is 1. The Balaban J connectivity index is 2.36. The first-order valence-corrected chi connectivity index (χ1v) is 4.76. The van der Waals surface area contributed by atoms with Gasteiger partial charge in [0, 0.05) is 24.1 Å². The molecule has 2 N–H and O–H groups in total. The maximum atomic E-state index is 10.5. The maximum Gasteiger partial charge on any atom is 0.269 e. The second-order valence-electron chi connectivity index (χ2n) is 3.83. The molecule has 0 radical (unpaired) electrons. The van der Waals surface area contributed by atoms with Crippen LogP contribution in [0.3, 0.4) is 0 Å². The standard InChI is InChI=1S/C10H12N2O2/c1-7-4-8-2-3-10(12(13)14)5-9(8)6-11-7/h2-3,5,7,11H,4,6H2,1H3/p+1/t7-/m1/s1. The number of rotatable bonds is 1. The van der Waals surface area contributed by atoms with Gasteiger partial charge in [-0.2, -0.15) is 0 Å². The predicted molar refractivity (Wildman–Crippen MR) is 51.9 cm³/mol. The summed E-state index contributed by atoms with van der Waals surface area (Å²) in [6, 6.07) is 5.76. The van der Waals surface area contributed by atoms with Gasteiger partial charge in [0.25, 0.3) is 5.69 Å². The summed E-state index contributed by atoms with van der Waals surface area (Å²) in [7, 11) is 0. The number of nitro groups is 1. The van der Waals surface area contributed by atoms with E-state index in [1.807, 2.05) is 6.07 Å². The SMILES string of the molecule is C[C@@H]1Cc2ccc([N+](=O)[O-])cc2C[NH2+]1. The highest BCUT2D eigenvalue weighted by Crippen LogP contribution is 2.19. The van der Waals surface area contributed by atoms with E-state index in [1.165, 1.54) is 5.56 Å². The van der Waals surface area contributed by atoms with Crippen molar-refractivity contribution < 1.29 is 10.2 Å². The van der Waals surface area contributed by atoms with Crippen molar-refractivity contribution >= 4 is 5.69 Å². The van der Waals surface area contributed by atoms with Crippen LogP contribution in [0.25, 0.3) is 0 Å². The van der Waals surface area contributed by atoms with Crippen LogP contribution in [0.2, 0.25) is 0 Å². The first-order valence-electron chi connectivity index (χ1n) is 4.76. The normalized spacial score (nSPS) is 20.2. The fraction of sp³-hybridized carbons (Fsp3) is 0.400. The molecule has 1 atom stereocenters. The van der Waals surface area contributed by atoms with E-state index in [1.54, 1.807) is 12.1 Å². The van der Waals surface area contributed by atoms with Gasteiger partial charge in [-0.15, -0.1) is 0 Å². The molecule has 1 heterocycles. The summed E-state index contributed by atoms with van der Waals surface area (Å²) < 4.78 is 0. The number of nitrogens with two attached hydrogens (primary N) is 1. The summed E-state index contributed by atoms with van der Waals surface area (Å²) >= 11 is 0. The zero-order valence-electron chi connectivity index (χ0n) is 8.06. The molecular formula is C10H13N2O2+. The highest BCUT2D eigenvalue weighted by molar-refractivity contribution is 5.40. The molecule has 74 valence electrons. The van der Waals surface area contributed by atoms with E-state index >= 15 is 0 Å². The van der Waals surface area contributed by atoms with E-state index in [9.17, 15) is 10.1 Å². The molecule has 4 heteroatoms. The van der Waals surface area contributed by atoms with Gasteiger partial charge in [0.2, 0.25) is 0 Å². The predicted octanol–water partition coefficient (Wildman–Crippen LogP) is 0.603. The molecule has 0 unspecified atom stereocenters. The van der Waals surface area contributed by atoms with Crippen molar-refractivity contribution in [3.05, 3.63) is 39.4 Å². The van der Waals surface area contributed by atoms with E-state index in [0.29, 0.717) is 6.04 Å². The Hall–Kier alpha value is -1.42. The van der Waals surface area contributed by atoms with Gasteiger partial charge in [0.05, 0.1) is 11.0 Å². The third kappa shape index (κ3) is 1.61. The Morgan fingerprint density at radius 2 is 2.29 bits per heavy atom. The lowest BCUT2D eigenvalue weighted by molar-refractivity contribution is -0.704. The van der Waals surface area contributed by atoms with E-state index < -0.39 is 0 Å². The number of hydrogen-bond donors (Lipinski definition) is 1. The monoisotopic (exact) mass is 193 g/mol. The zero-order chi connectivity index (χ0) is 10.1. The van der Waals surface area contributed by atoms with Gasteiger partial charge in [-0.1, -0.05) is 6.07 Å². The van der Waals surface area contributed by atoms with E-state index in [2.05, 4.69) is 12.2 Å². The van der Waals surface area contributed by atoms with Crippen LogP contribution < -0.4 is 5.32 Å². The topological polar surface area (TPSA) is 59.8 Å². The van der Waals surface area contributed by atoms with Crippen LogP contribution >= 0.6 is 0 Å². The molecule has 0 saturated carbocycles. The van der Waals surface area contributed by atoms with Crippen LogP contribution in [0.4, 0.5) is 5.69 Å². The van der Waals surface area contributed by atoms with Gasteiger partial charge in [0.15, 0.2) is 0 Å². The number of benzene rings is 1. The van der Waals surface area contributed by atoms with Gasteiger partial charge in [-0.25, -0.2) is 0 Å². The molecule has 1 aliphatic heterocycles. The lowest BCUT2D eigenvalue weighted by Gasteiger charge is -2.19. The first-order chi connectivity index (χ1) is 6.66.